The lowest BCUT2D eigenvalue weighted by Gasteiger charge is -2.06. The standard InChI is InChI=1S/C14H16ClNS/c1-9-5-13(15)10(2)4-12(9)14-6-11(7-16-3)8-17-14/h4-6,8,16H,7H2,1-3H3. The summed E-state index contributed by atoms with van der Waals surface area (Å²) in [6.07, 6.45) is 0. The van der Waals surface area contributed by atoms with Gasteiger partial charge in [-0.3, -0.25) is 0 Å². The van der Waals surface area contributed by atoms with E-state index in [-0.39, 0.29) is 0 Å². The summed E-state index contributed by atoms with van der Waals surface area (Å²) in [6.45, 7) is 5.08. The van der Waals surface area contributed by atoms with Gasteiger partial charge in [0.25, 0.3) is 0 Å². The van der Waals surface area contributed by atoms with E-state index in [2.05, 4.69) is 29.8 Å². The maximum Gasteiger partial charge on any atom is 0.0438 e. The van der Waals surface area contributed by atoms with Crippen LogP contribution in [0.1, 0.15) is 16.7 Å². The van der Waals surface area contributed by atoms with Crippen LogP contribution in [0, 0.1) is 13.8 Å². The van der Waals surface area contributed by atoms with Gasteiger partial charge in [0.2, 0.25) is 0 Å². The van der Waals surface area contributed by atoms with Crippen LogP contribution in [0.2, 0.25) is 5.02 Å². The van der Waals surface area contributed by atoms with Crippen LogP contribution in [0.3, 0.4) is 0 Å². The van der Waals surface area contributed by atoms with Crippen molar-refractivity contribution in [2.24, 2.45) is 0 Å². The number of hydrogen-bond donors (Lipinski definition) is 1. The van der Waals surface area contributed by atoms with Crippen molar-refractivity contribution >= 4 is 22.9 Å². The quantitative estimate of drug-likeness (QED) is 0.867. The third-order valence-corrected chi connectivity index (χ3v) is 4.23. The monoisotopic (exact) mass is 265 g/mol. The van der Waals surface area contributed by atoms with E-state index in [9.17, 15) is 0 Å². The van der Waals surface area contributed by atoms with Gasteiger partial charge in [-0.1, -0.05) is 11.6 Å². The summed E-state index contributed by atoms with van der Waals surface area (Å²) in [4.78, 5) is 1.31. The Morgan fingerprint density at radius 1 is 1.18 bits per heavy atom. The highest BCUT2D eigenvalue weighted by molar-refractivity contribution is 7.13. The summed E-state index contributed by atoms with van der Waals surface area (Å²) in [6, 6.07) is 6.47. The van der Waals surface area contributed by atoms with Crippen LogP contribution < -0.4 is 5.32 Å². The zero-order chi connectivity index (χ0) is 12.4. The molecule has 0 saturated heterocycles. The van der Waals surface area contributed by atoms with Crippen LogP contribution in [0.15, 0.2) is 23.6 Å². The first-order chi connectivity index (χ1) is 8.11. The first-order valence-electron chi connectivity index (χ1n) is 5.61. The largest absolute Gasteiger partial charge is 0.316 e. The third kappa shape index (κ3) is 2.71. The normalized spacial score (nSPS) is 10.8. The van der Waals surface area contributed by atoms with Crippen molar-refractivity contribution < 1.29 is 0 Å². The fourth-order valence-electron chi connectivity index (χ4n) is 1.86. The van der Waals surface area contributed by atoms with Gasteiger partial charge in [-0.25, -0.2) is 0 Å². The molecule has 0 aliphatic carbocycles. The minimum absolute atomic E-state index is 0.846. The van der Waals surface area contributed by atoms with Crippen LogP contribution in [-0.4, -0.2) is 7.05 Å². The Labute approximate surface area is 111 Å². The number of aryl methyl sites for hydroxylation is 2. The minimum atomic E-state index is 0.846. The highest BCUT2D eigenvalue weighted by atomic mass is 35.5. The molecule has 0 aliphatic rings. The summed E-state index contributed by atoms with van der Waals surface area (Å²) in [5.74, 6) is 0. The summed E-state index contributed by atoms with van der Waals surface area (Å²) < 4.78 is 0. The van der Waals surface area contributed by atoms with E-state index in [1.807, 2.05) is 20.0 Å². The van der Waals surface area contributed by atoms with Crippen LogP contribution in [0.5, 0.6) is 0 Å². The lowest BCUT2D eigenvalue weighted by Crippen LogP contribution is -2.03. The van der Waals surface area contributed by atoms with Crippen molar-refractivity contribution in [3.63, 3.8) is 0 Å². The molecule has 1 heterocycles. The molecule has 3 heteroatoms. The molecule has 0 fully saturated rings. The second-order valence-corrected chi connectivity index (χ2v) is 5.58. The van der Waals surface area contributed by atoms with Crippen molar-refractivity contribution in [3.05, 3.63) is 45.3 Å². The molecule has 90 valence electrons. The van der Waals surface area contributed by atoms with Crippen LogP contribution >= 0.6 is 22.9 Å². The van der Waals surface area contributed by atoms with Crippen molar-refractivity contribution in [3.8, 4) is 10.4 Å². The highest BCUT2D eigenvalue weighted by Gasteiger charge is 2.07. The topological polar surface area (TPSA) is 12.0 Å². The number of halogens is 1. The van der Waals surface area contributed by atoms with E-state index >= 15 is 0 Å². The predicted octanol–water partition coefficient (Wildman–Crippen LogP) is 4.40. The zero-order valence-electron chi connectivity index (χ0n) is 10.3. The van der Waals surface area contributed by atoms with E-state index in [0.29, 0.717) is 0 Å². The average Bonchev–Trinajstić information content (AvgIpc) is 2.72. The molecule has 17 heavy (non-hydrogen) atoms. The molecule has 1 nitrogen and oxygen atoms in total. The van der Waals surface area contributed by atoms with Gasteiger partial charge in [0.15, 0.2) is 0 Å². The van der Waals surface area contributed by atoms with Crippen molar-refractivity contribution in [2.45, 2.75) is 20.4 Å². The lowest BCUT2D eigenvalue weighted by atomic mass is 10.0. The van der Waals surface area contributed by atoms with Crippen molar-refractivity contribution in [1.29, 1.82) is 0 Å². The molecule has 1 aromatic heterocycles. The molecule has 0 radical (unpaired) electrons. The van der Waals surface area contributed by atoms with E-state index in [1.54, 1.807) is 11.3 Å². The van der Waals surface area contributed by atoms with Gasteiger partial charge in [-0.15, -0.1) is 11.3 Å². The average molecular weight is 266 g/mol. The van der Waals surface area contributed by atoms with E-state index < -0.39 is 0 Å². The van der Waals surface area contributed by atoms with Crippen LogP contribution in [-0.2, 0) is 6.54 Å². The molecular weight excluding hydrogens is 250 g/mol. The maximum absolute atomic E-state index is 6.12. The van der Waals surface area contributed by atoms with Gasteiger partial charge < -0.3 is 5.32 Å². The molecule has 2 rings (SSSR count). The molecule has 1 N–H and O–H groups in total. The van der Waals surface area contributed by atoms with Gasteiger partial charge >= 0.3 is 0 Å². The van der Waals surface area contributed by atoms with E-state index in [0.717, 1.165) is 17.1 Å². The number of hydrogen-bond acceptors (Lipinski definition) is 2. The molecule has 0 unspecified atom stereocenters. The molecule has 0 amide bonds. The summed E-state index contributed by atoms with van der Waals surface area (Å²) in [7, 11) is 1.97. The Morgan fingerprint density at radius 2 is 1.94 bits per heavy atom. The van der Waals surface area contributed by atoms with Crippen LogP contribution in [0.4, 0.5) is 0 Å². The summed E-state index contributed by atoms with van der Waals surface area (Å²) in [5.41, 5.74) is 4.99. The molecule has 0 atom stereocenters. The molecule has 1 aromatic carbocycles. The smallest absolute Gasteiger partial charge is 0.0438 e. The van der Waals surface area contributed by atoms with Gasteiger partial charge in [0.1, 0.15) is 0 Å². The first kappa shape index (κ1) is 12.6. The highest BCUT2D eigenvalue weighted by Crippen LogP contribution is 2.33. The fourth-order valence-corrected chi connectivity index (χ4v) is 3.07. The second kappa shape index (κ2) is 5.21. The fraction of sp³-hybridized carbons (Fsp3) is 0.286. The third-order valence-electron chi connectivity index (χ3n) is 2.81. The Kier molecular flexibility index (Phi) is 3.87. The summed E-state index contributed by atoms with van der Waals surface area (Å²) in [5, 5.41) is 6.22. The first-order valence-corrected chi connectivity index (χ1v) is 6.86. The molecule has 0 bridgehead atoms. The van der Waals surface area contributed by atoms with E-state index in [1.165, 1.54) is 21.6 Å². The Morgan fingerprint density at radius 3 is 2.65 bits per heavy atom. The lowest BCUT2D eigenvalue weighted by molar-refractivity contribution is 0.821. The van der Waals surface area contributed by atoms with Gasteiger partial charge in [0.05, 0.1) is 0 Å². The SMILES string of the molecule is CNCc1csc(-c2cc(C)c(Cl)cc2C)c1. The Balaban J connectivity index is 2.41. The molecule has 0 saturated carbocycles. The second-order valence-electron chi connectivity index (χ2n) is 4.27. The van der Waals surface area contributed by atoms with Gasteiger partial charge in [-0.2, -0.15) is 0 Å². The zero-order valence-corrected chi connectivity index (χ0v) is 11.9. The number of benzene rings is 1. The van der Waals surface area contributed by atoms with E-state index in [4.69, 9.17) is 11.6 Å². The maximum atomic E-state index is 6.12. The predicted molar refractivity (Wildman–Crippen MR) is 77.0 cm³/mol. The summed E-state index contributed by atoms with van der Waals surface area (Å²) >= 11 is 7.91. The van der Waals surface area contributed by atoms with Crippen molar-refractivity contribution in [1.82, 2.24) is 5.32 Å². The number of rotatable bonds is 3. The number of nitrogens with one attached hydrogen (secondary N) is 1. The van der Waals surface area contributed by atoms with Crippen molar-refractivity contribution in [2.75, 3.05) is 7.05 Å². The minimum Gasteiger partial charge on any atom is -0.316 e. The number of thiophene rings is 1. The molecule has 0 spiro atoms. The molecular formula is C14H16ClNS. The van der Waals surface area contributed by atoms with Gasteiger partial charge in [0, 0.05) is 16.4 Å². The Hall–Kier alpha value is -0.830. The molecule has 2 aromatic rings. The van der Waals surface area contributed by atoms with Crippen LogP contribution in [0.25, 0.3) is 10.4 Å². The Bertz CT molecular complexity index is 531. The van der Waals surface area contributed by atoms with Gasteiger partial charge in [-0.05, 0) is 66.7 Å². The molecule has 0 aliphatic heterocycles.